The zero-order valence-corrected chi connectivity index (χ0v) is 12.9. The molecule has 3 rings (SSSR count). The van der Waals surface area contributed by atoms with Gasteiger partial charge in [0.1, 0.15) is 5.82 Å². The number of anilines is 1. The van der Waals surface area contributed by atoms with E-state index >= 15 is 0 Å². The maximum Gasteiger partial charge on any atom is 0.261 e. The predicted molar refractivity (Wildman–Crippen MR) is 82.9 cm³/mol. The molecule has 0 spiro atoms. The number of benzene rings is 2. The van der Waals surface area contributed by atoms with Gasteiger partial charge in [-0.25, -0.2) is 4.39 Å². The van der Waals surface area contributed by atoms with Crippen molar-refractivity contribution in [3.63, 3.8) is 0 Å². The molecule has 1 heterocycles. The molecule has 2 nitrogen and oxygen atoms in total. The minimum Gasteiger partial charge on any atom is -0.306 e. The van der Waals surface area contributed by atoms with Gasteiger partial charge in [-0.2, -0.15) is 0 Å². The topological polar surface area (TPSA) is 20.3 Å². The Kier molecular flexibility index (Phi) is 3.81. The fourth-order valence-electron chi connectivity index (χ4n) is 2.19. The van der Waals surface area contributed by atoms with Crippen molar-refractivity contribution >= 4 is 39.3 Å². The van der Waals surface area contributed by atoms with E-state index in [2.05, 4.69) is 15.9 Å². The first-order chi connectivity index (χ1) is 9.66. The zero-order valence-electron chi connectivity index (χ0n) is 10.5. The van der Waals surface area contributed by atoms with Crippen LogP contribution in [0.2, 0.25) is 0 Å². The third-order valence-corrected chi connectivity index (χ3v) is 4.67. The van der Waals surface area contributed by atoms with Crippen molar-refractivity contribution in [2.45, 2.75) is 4.90 Å². The van der Waals surface area contributed by atoms with Crippen LogP contribution in [0.25, 0.3) is 0 Å². The number of para-hydroxylation sites is 1. The highest BCUT2D eigenvalue weighted by Crippen LogP contribution is 2.35. The third kappa shape index (κ3) is 2.47. The Bertz CT molecular complexity index is 677. The molecule has 1 aliphatic rings. The molecule has 0 fully saturated rings. The van der Waals surface area contributed by atoms with Crippen LogP contribution in [0.1, 0.15) is 10.4 Å². The number of rotatable bonds is 1. The van der Waals surface area contributed by atoms with Crippen LogP contribution >= 0.6 is 27.7 Å². The predicted octanol–water partition coefficient (Wildman–Crippen LogP) is 4.34. The maximum atomic E-state index is 13.9. The molecule has 0 bridgehead atoms. The smallest absolute Gasteiger partial charge is 0.261 e. The van der Waals surface area contributed by atoms with Crippen LogP contribution in [0, 0.1) is 5.82 Å². The van der Waals surface area contributed by atoms with Crippen molar-refractivity contribution < 1.29 is 9.18 Å². The number of thioether (sulfide) groups is 1. The summed E-state index contributed by atoms with van der Waals surface area (Å²) >= 11 is 4.92. The summed E-state index contributed by atoms with van der Waals surface area (Å²) in [7, 11) is 0. The summed E-state index contributed by atoms with van der Waals surface area (Å²) in [6, 6.07) is 12.2. The quantitative estimate of drug-likeness (QED) is 0.761. The minimum absolute atomic E-state index is 0.106. The average Bonchev–Trinajstić information content (AvgIpc) is 2.46. The molecule has 102 valence electrons. The molecule has 5 heteroatoms. The molecule has 0 aromatic heterocycles. The lowest BCUT2D eigenvalue weighted by atomic mass is 10.1. The van der Waals surface area contributed by atoms with Crippen molar-refractivity contribution in [1.82, 2.24) is 0 Å². The van der Waals surface area contributed by atoms with E-state index in [0.29, 0.717) is 11.0 Å². The van der Waals surface area contributed by atoms with Crippen LogP contribution in [-0.4, -0.2) is 18.2 Å². The fraction of sp³-hybridized carbons (Fsp3) is 0.133. The van der Waals surface area contributed by atoms with Crippen molar-refractivity contribution in [3.05, 3.63) is 58.3 Å². The molecule has 20 heavy (non-hydrogen) atoms. The number of amides is 1. The Labute approximate surface area is 129 Å². The second-order valence-electron chi connectivity index (χ2n) is 4.40. The maximum absolute atomic E-state index is 13.9. The largest absolute Gasteiger partial charge is 0.306 e. The number of hydrogen-bond acceptors (Lipinski definition) is 2. The molecule has 1 amide bonds. The van der Waals surface area contributed by atoms with Gasteiger partial charge in [-0.1, -0.05) is 28.1 Å². The average molecular weight is 352 g/mol. The van der Waals surface area contributed by atoms with Gasteiger partial charge in [0.2, 0.25) is 0 Å². The van der Waals surface area contributed by atoms with Crippen LogP contribution in [0.15, 0.2) is 51.8 Å². The van der Waals surface area contributed by atoms with E-state index < -0.39 is 5.82 Å². The molecule has 0 N–H and O–H groups in total. The Morgan fingerprint density at radius 3 is 2.85 bits per heavy atom. The van der Waals surface area contributed by atoms with Crippen molar-refractivity contribution in [1.29, 1.82) is 0 Å². The van der Waals surface area contributed by atoms with Crippen molar-refractivity contribution in [2.24, 2.45) is 0 Å². The van der Waals surface area contributed by atoms with Crippen molar-refractivity contribution in [2.75, 3.05) is 17.2 Å². The van der Waals surface area contributed by atoms with Gasteiger partial charge in [0, 0.05) is 21.7 Å². The second kappa shape index (κ2) is 5.58. The highest BCUT2D eigenvalue weighted by molar-refractivity contribution is 9.10. The normalized spacial score (nSPS) is 14.0. The highest BCUT2D eigenvalue weighted by Gasteiger charge is 2.25. The number of halogens is 2. The van der Waals surface area contributed by atoms with E-state index in [4.69, 9.17) is 0 Å². The van der Waals surface area contributed by atoms with Gasteiger partial charge < -0.3 is 4.90 Å². The lowest BCUT2D eigenvalue weighted by molar-refractivity contribution is 0.0984. The van der Waals surface area contributed by atoms with Crippen LogP contribution in [-0.2, 0) is 0 Å². The molecule has 2 aromatic rings. The summed E-state index contributed by atoms with van der Waals surface area (Å²) < 4.78 is 14.6. The summed E-state index contributed by atoms with van der Waals surface area (Å²) in [5, 5.41) is 0. The monoisotopic (exact) mass is 351 g/mol. The molecule has 0 saturated carbocycles. The molecule has 0 atom stereocenters. The first-order valence-corrected chi connectivity index (χ1v) is 7.93. The van der Waals surface area contributed by atoms with Crippen LogP contribution in [0.4, 0.5) is 10.1 Å². The lowest BCUT2D eigenvalue weighted by Gasteiger charge is -2.29. The van der Waals surface area contributed by atoms with E-state index in [1.807, 2.05) is 24.3 Å². The number of nitrogens with zero attached hydrogens (tertiary/aromatic N) is 1. The Balaban J connectivity index is 2.00. The summed E-state index contributed by atoms with van der Waals surface area (Å²) in [5.41, 5.74) is 0.964. The summed E-state index contributed by atoms with van der Waals surface area (Å²) in [5.74, 6) is 0.0313. The minimum atomic E-state index is -0.500. The molecule has 2 aromatic carbocycles. The third-order valence-electron chi connectivity index (χ3n) is 3.14. The SMILES string of the molecule is O=C(c1ccc(Br)cc1F)N1CCSc2ccccc21. The van der Waals surface area contributed by atoms with Gasteiger partial charge >= 0.3 is 0 Å². The lowest BCUT2D eigenvalue weighted by Crippen LogP contribution is -2.35. The number of carbonyl (C=O) groups excluding carboxylic acids is 1. The molecule has 0 aliphatic carbocycles. The number of carbonyl (C=O) groups is 1. The first-order valence-electron chi connectivity index (χ1n) is 6.15. The van der Waals surface area contributed by atoms with E-state index in [1.54, 1.807) is 22.7 Å². The Morgan fingerprint density at radius 2 is 2.05 bits per heavy atom. The van der Waals surface area contributed by atoms with E-state index in [9.17, 15) is 9.18 Å². The number of fused-ring (bicyclic) bond motifs is 1. The van der Waals surface area contributed by atoms with E-state index in [0.717, 1.165) is 16.3 Å². The summed E-state index contributed by atoms with van der Waals surface area (Å²) in [6.07, 6.45) is 0. The van der Waals surface area contributed by atoms with Gasteiger partial charge in [0.15, 0.2) is 0 Å². The standard InChI is InChI=1S/C15H11BrFNOS/c16-10-5-6-11(12(17)9-10)15(19)18-7-8-20-14-4-2-1-3-13(14)18/h1-6,9H,7-8H2. The first kappa shape index (κ1) is 13.6. The van der Waals surface area contributed by atoms with Gasteiger partial charge in [0.05, 0.1) is 11.3 Å². The van der Waals surface area contributed by atoms with Crippen LogP contribution in [0.3, 0.4) is 0 Å². The van der Waals surface area contributed by atoms with Gasteiger partial charge in [-0.3, -0.25) is 4.79 Å². The Hall–Kier alpha value is -1.33. The van der Waals surface area contributed by atoms with E-state index in [-0.39, 0.29) is 11.5 Å². The van der Waals surface area contributed by atoms with Gasteiger partial charge in [-0.15, -0.1) is 11.8 Å². The molecular weight excluding hydrogens is 341 g/mol. The van der Waals surface area contributed by atoms with Crippen LogP contribution < -0.4 is 4.90 Å². The van der Waals surface area contributed by atoms with Gasteiger partial charge in [-0.05, 0) is 30.3 Å². The molecule has 0 radical (unpaired) electrons. The van der Waals surface area contributed by atoms with E-state index in [1.165, 1.54) is 12.1 Å². The van der Waals surface area contributed by atoms with Crippen molar-refractivity contribution in [3.8, 4) is 0 Å². The molecule has 0 unspecified atom stereocenters. The number of hydrogen-bond donors (Lipinski definition) is 0. The fourth-order valence-corrected chi connectivity index (χ4v) is 3.52. The second-order valence-corrected chi connectivity index (χ2v) is 6.45. The van der Waals surface area contributed by atoms with Crippen LogP contribution in [0.5, 0.6) is 0 Å². The summed E-state index contributed by atoms with van der Waals surface area (Å²) in [6.45, 7) is 0.593. The Morgan fingerprint density at radius 1 is 1.25 bits per heavy atom. The molecule has 0 saturated heterocycles. The summed E-state index contributed by atoms with van der Waals surface area (Å²) in [4.78, 5) is 15.3. The molecule has 1 aliphatic heterocycles. The van der Waals surface area contributed by atoms with Gasteiger partial charge in [0.25, 0.3) is 5.91 Å². The zero-order chi connectivity index (χ0) is 14.1. The highest BCUT2D eigenvalue weighted by atomic mass is 79.9. The molecular formula is C15H11BrFNOS.